The van der Waals surface area contributed by atoms with Gasteiger partial charge in [0.2, 0.25) is 0 Å². The summed E-state index contributed by atoms with van der Waals surface area (Å²) in [5.74, 6) is 0. The molecule has 0 amide bonds. The summed E-state index contributed by atoms with van der Waals surface area (Å²) < 4.78 is 0. The highest BCUT2D eigenvalue weighted by molar-refractivity contribution is 5.84. The number of likely N-dealkylation sites (tertiary alicyclic amines) is 1. The van der Waals surface area contributed by atoms with E-state index < -0.39 is 0 Å². The fraction of sp³-hybridized carbons (Fsp3) is 0.591. The van der Waals surface area contributed by atoms with Crippen molar-refractivity contribution >= 4 is 10.8 Å². The molecule has 146 valence electrons. The van der Waals surface area contributed by atoms with E-state index in [2.05, 4.69) is 51.0 Å². The number of fused-ring (bicyclic) bond motifs is 1. The van der Waals surface area contributed by atoms with Gasteiger partial charge in [-0.15, -0.1) is 0 Å². The van der Waals surface area contributed by atoms with Crippen molar-refractivity contribution in [2.24, 2.45) is 0 Å². The maximum absolute atomic E-state index is 9.63. The van der Waals surface area contributed by atoms with Crippen molar-refractivity contribution in [2.75, 3.05) is 46.4 Å². The first-order valence-electron chi connectivity index (χ1n) is 10.3. The summed E-state index contributed by atoms with van der Waals surface area (Å²) in [6, 6.07) is 9.80. The molecule has 5 heteroatoms. The van der Waals surface area contributed by atoms with Crippen molar-refractivity contribution in [1.29, 1.82) is 0 Å². The molecule has 1 unspecified atom stereocenters. The summed E-state index contributed by atoms with van der Waals surface area (Å²) in [6.07, 6.45) is 7.23. The SMILES string of the molecule is CN1CCC(N2CCN(Cc3cccc4cnccc34)CC2CCO)CC1. The molecule has 27 heavy (non-hydrogen) atoms. The first-order chi connectivity index (χ1) is 13.2. The third-order valence-corrected chi connectivity index (χ3v) is 6.40. The number of nitrogens with zero attached hydrogens (tertiary/aromatic N) is 4. The maximum atomic E-state index is 9.63. The summed E-state index contributed by atoms with van der Waals surface area (Å²) in [5, 5.41) is 12.2. The van der Waals surface area contributed by atoms with Gasteiger partial charge in [-0.25, -0.2) is 0 Å². The zero-order chi connectivity index (χ0) is 18.6. The molecule has 5 nitrogen and oxygen atoms in total. The van der Waals surface area contributed by atoms with E-state index in [-0.39, 0.29) is 6.61 Å². The van der Waals surface area contributed by atoms with Crippen LogP contribution in [0.4, 0.5) is 0 Å². The summed E-state index contributed by atoms with van der Waals surface area (Å²) in [4.78, 5) is 12.0. The van der Waals surface area contributed by atoms with Crippen LogP contribution in [0, 0.1) is 0 Å². The molecule has 0 spiro atoms. The minimum Gasteiger partial charge on any atom is -0.396 e. The van der Waals surface area contributed by atoms with Gasteiger partial charge in [-0.05, 0) is 56.4 Å². The van der Waals surface area contributed by atoms with Crippen LogP contribution in [0.3, 0.4) is 0 Å². The van der Waals surface area contributed by atoms with Crippen molar-refractivity contribution in [2.45, 2.75) is 37.9 Å². The Morgan fingerprint density at radius 1 is 1.11 bits per heavy atom. The van der Waals surface area contributed by atoms with Crippen LogP contribution < -0.4 is 0 Å². The van der Waals surface area contributed by atoms with Crippen molar-refractivity contribution in [1.82, 2.24) is 19.7 Å². The van der Waals surface area contributed by atoms with Crippen molar-refractivity contribution in [3.8, 4) is 0 Å². The van der Waals surface area contributed by atoms with Crippen molar-refractivity contribution in [3.63, 3.8) is 0 Å². The molecule has 2 aromatic rings. The molecule has 1 aromatic carbocycles. The molecular weight excluding hydrogens is 336 g/mol. The number of aliphatic hydroxyl groups excluding tert-OH is 1. The molecule has 2 aliphatic rings. The largest absolute Gasteiger partial charge is 0.396 e. The number of benzene rings is 1. The van der Waals surface area contributed by atoms with E-state index in [9.17, 15) is 5.11 Å². The number of aliphatic hydroxyl groups is 1. The Morgan fingerprint density at radius 3 is 2.78 bits per heavy atom. The van der Waals surface area contributed by atoms with Gasteiger partial charge in [0.15, 0.2) is 0 Å². The lowest BCUT2D eigenvalue weighted by molar-refractivity contribution is 0.00611. The summed E-state index contributed by atoms with van der Waals surface area (Å²) in [6.45, 7) is 6.92. The Morgan fingerprint density at radius 2 is 1.96 bits per heavy atom. The third kappa shape index (κ3) is 4.32. The fourth-order valence-electron chi connectivity index (χ4n) is 4.86. The highest BCUT2D eigenvalue weighted by atomic mass is 16.3. The molecule has 2 fully saturated rings. The van der Waals surface area contributed by atoms with Crippen molar-refractivity contribution in [3.05, 3.63) is 42.2 Å². The molecule has 0 bridgehead atoms. The first-order valence-corrected chi connectivity index (χ1v) is 10.3. The van der Waals surface area contributed by atoms with Gasteiger partial charge in [-0.3, -0.25) is 14.8 Å². The van der Waals surface area contributed by atoms with Crippen LogP contribution in [0.1, 0.15) is 24.8 Å². The van der Waals surface area contributed by atoms with Gasteiger partial charge in [0.25, 0.3) is 0 Å². The van der Waals surface area contributed by atoms with Gasteiger partial charge >= 0.3 is 0 Å². The number of piperazine rings is 1. The average Bonchev–Trinajstić information content (AvgIpc) is 2.70. The summed E-state index contributed by atoms with van der Waals surface area (Å²) in [5.41, 5.74) is 1.38. The average molecular weight is 369 g/mol. The fourth-order valence-corrected chi connectivity index (χ4v) is 4.86. The monoisotopic (exact) mass is 368 g/mol. The predicted molar refractivity (Wildman–Crippen MR) is 110 cm³/mol. The zero-order valence-corrected chi connectivity index (χ0v) is 16.4. The van der Waals surface area contributed by atoms with Gasteiger partial charge in [0.05, 0.1) is 0 Å². The minimum absolute atomic E-state index is 0.279. The van der Waals surface area contributed by atoms with E-state index in [1.54, 1.807) is 0 Å². The predicted octanol–water partition coefficient (Wildman–Crippen LogP) is 2.20. The Bertz CT molecular complexity index is 739. The van der Waals surface area contributed by atoms with Gasteiger partial charge in [-0.2, -0.15) is 0 Å². The second-order valence-corrected chi connectivity index (χ2v) is 8.19. The number of aromatic nitrogens is 1. The molecular formula is C22H32N4O. The second-order valence-electron chi connectivity index (χ2n) is 8.19. The quantitative estimate of drug-likeness (QED) is 0.876. The van der Waals surface area contributed by atoms with Gasteiger partial charge in [-0.1, -0.05) is 18.2 Å². The molecule has 2 saturated heterocycles. The maximum Gasteiger partial charge on any atom is 0.0446 e. The van der Waals surface area contributed by atoms with E-state index in [1.807, 2.05) is 12.4 Å². The highest BCUT2D eigenvalue weighted by Crippen LogP contribution is 2.25. The standard InChI is InChI=1S/C22H32N4O/c1-24-10-6-20(7-11-24)26-13-12-25(17-21(26)8-14-27)16-19-4-2-3-18-15-23-9-5-22(18)19/h2-5,9,15,20-21,27H,6-8,10-14,16-17H2,1H3. The minimum atomic E-state index is 0.279. The van der Waals surface area contributed by atoms with Crippen LogP contribution in [0.5, 0.6) is 0 Å². The van der Waals surface area contributed by atoms with Crippen LogP contribution >= 0.6 is 0 Å². The van der Waals surface area contributed by atoms with E-state index in [1.165, 1.54) is 42.3 Å². The smallest absolute Gasteiger partial charge is 0.0446 e. The molecule has 4 rings (SSSR count). The molecule has 3 heterocycles. The Balaban J connectivity index is 1.45. The highest BCUT2D eigenvalue weighted by Gasteiger charge is 2.33. The van der Waals surface area contributed by atoms with Gasteiger partial charge < -0.3 is 10.0 Å². The Labute approximate surface area is 162 Å². The number of hydrogen-bond acceptors (Lipinski definition) is 5. The number of rotatable bonds is 5. The Hall–Kier alpha value is -1.53. The van der Waals surface area contributed by atoms with Crippen LogP contribution in [0.25, 0.3) is 10.8 Å². The lowest BCUT2D eigenvalue weighted by Gasteiger charge is -2.47. The van der Waals surface area contributed by atoms with Crippen LogP contribution in [-0.4, -0.2) is 83.3 Å². The lowest BCUT2D eigenvalue weighted by atomic mass is 9.98. The first kappa shape index (κ1) is 18.8. The number of hydrogen-bond donors (Lipinski definition) is 1. The molecule has 1 N–H and O–H groups in total. The summed E-state index contributed by atoms with van der Waals surface area (Å²) in [7, 11) is 2.22. The molecule has 1 atom stereocenters. The molecule has 0 aliphatic carbocycles. The Kier molecular flexibility index (Phi) is 6.03. The molecule has 1 aromatic heterocycles. The van der Waals surface area contributed by atoms with Crippen LogP contribution in [-0.2, 0) is 6.54 Å². The summed E-state index contributed by atoms with van der Waals surface area (Å²) >= 11 is 0. The van der Waals surface area contributed by atoms with Crippen molar-refractivity contribution < 1.29 is 5.11 Å². The topological polar surface area (TPSA) is 42.8 Å². The van der Waals surface area contributed by atoms with Crippen LogP contribution in [0.2, 0.25) is 0 Å². The zero-order valence-electron chi connectivity index (χ0n) is 16.4. The molecule has 0 radical (unpaired) electrons. The number of piperidine rings is 1. The van der Waals surface area contributed by atoms with E-state index in [0.29, 0.717) is 12.1 Å². The normalized spacial score (nSPS) is 23.9. The van der Waals surface area contributed by atoms with Gasteiger partial charge in [0, 0.05) is 62.6 Å². The second kappa shape index (κ2) is 8.65. The van der Waals surface area contributed by atoms with E-state index >= 15 is 0 Å². The van der Waals surface area contributed by atoms with E-state index in [0.717, 1.165) is 32.6 Å². The lowest BCUT2D eigenvalue weighted by Crippen LogP contribution is -2.58. The number of pyridine rings is 1. The van der Waals surface area contributed by atoms with E-state index in [4.69, 9.17) is 0 Å². The molecule has 0 saturated carbocycles. The molecule has 2 aliphatic heterocycles. The third-order valence-electron chi connectivity index (χ3n) is 6.40. The van der Waals surface area contributed by atoms with Crippen LogP contribution in [0.15, 0.2) is 36.7 Å². The van der Waals surface area contributed by atoms with Gasteiger partial charge in [0.1, 0.15) is 0 Å².